The molecular formula is C17H13F4N3O2. The SMILES string of the molecule is Nc1ccc(C(=O)N2NC(C(F)(F)F)=CC2(O)c2ccc(F)cc2)cc1. The normalized spacial score (nSPS) is 19.9. The van der Waals surface area contributed by atoms with E-state index in [1.54, 1.807) is 0 Å². The van der Waals surface area contributed by atoms with Crippen molar-refractivity contribution < 1.29 is 27.5 Å². The van der Waals surface area contributed by atoms with Gasteiger partial charge in [-0.2, -0.15) is 13.2 Å². The van der Waals surface area contributed by atoms with Crippen LogP contribution in [-0.2, 0) is 5.72 Å². The van der Waals surface area contributed by atoms with Crippen molar-refractivity contribution >= 4 is 11.6 Å². The first-order valence-corrected chi connectivity index (χ1v) is 7.36. The number of nitrogen functional groups attached to an aromatic ring is 1. The van der Waals surface area contributed by atoms with E-state index >= 15 is 0 Å². The number of hydrazine groups is 1. The molecule has 136 valence electrons. The molecule has 0 bridgehead atoms. The van der Waals surface area contributed by atoms with E-state index in [9.17, 15) is 27.5 Å². The maximum absolute atomic E-state index is 13.1. The number of hydrogen-bond donors (Lipinski definition) is 3. The van der Waals surface area contributed by atoms with Gasteiger partial charge in [0, 0.05) is 22.9 Å². The van der Waals surface area contributed by atoms with Gasteiger partial charge in [0.2, 0.25) is 5.72 Å². The van der Waals surface area contributed by atoms with Gasteiger partial charge < -0.3 is 10.8 Å². The summed E-state index contributed by atoms with van der Waals surface area (Å²) >= 11 is 0. The van der Waals surface area contributed by atoms with Crippen molar-refractivity contribution in [2.75, 3.05) is 5.73 Å². The number of nitrogens with one attached hydrogen (secondary N) is 1. The fourth-order valence-electron chi connectivity index (χ4n) is 2.52. The van der Waals surface area contributed by atoms with Gasteiger partial charge in [-0.1, -0.05) is 12.1 Å². The first-order valence-electron chi connectivity index (χ1n) is 7.36. The van der Waals surface area contributed by atoms with E-state index in [1.807, 2.05) is 5.43 Å². The van der Waals surface area contributed by atoms with Crippen molar-refractivity contribution in [2.24, 2.45) is 0 Å². The summed E-state index contributed by atoms with van der Waals surface area (Å²) in [7, 11) is 0. The number of carbonyl (C=O) groups is 1. The Hall–Kier alpha value is -3.07. The number of anilines is 1. The van der Waals surface area contributed by atoms with Crippen LogP contribution in [0, 0.1) is 5.82 Å². The van der Waals surface area contributed by atoms with E-state index in [4.69, 9.17) is 5.73 Å². The Labute approximate surface area is 145 Å². The summed E-state index contributed by atoms with van der Waals surface area (Å²) in [4.78, 5) is 12.7. The molecule has 2 aromatic carbocycles. The molecule has 4 N–H and O–H groups in total. The number of nitrogens with zero attached hydrogens (tertiary/aromatic N) is 1. The van der Waals surface area contributed by atoms with Crippen LogP contribution >= 0.6 is 0 Å². The molecule has 1 aliphatic rings. The minimum atomic E-state index is -4.83. The van der Waals surface area contributed by atoms with E-state index in [0.29, 0.717) is 16.8 Å². The number of amides is 1. The minimum Gasteiger partial charge on any atom is -0.399 e. The summed E-state index contributed by atoms with van der Waals surface area (Å²) in [5.41, 5.74) is 3.90. The molecule has 3 rings (SSSR count). The molecule has 9 heteroatoms. The second-order valence-corrected chi connectivity index (χ2v) is 5.66. The van der Waals surface area contributed by atoms with Gasteiger partial charge in [0.05, 0.1) is 0 Å². The van der Waals surface area contributed by atoms with Gasteiger partial charge in [0.1, 0.15) is 11.5 Å². The van der Waals surface area contributed by atoms with Crippen LogP contribution < -0.4 is 11.2 Å². The average molecular weight is 367 g/mol. The molecule has 1 aliphatic heterocycles. The Balaban J connectivity index is 2.06. The second-order valence-electron chi connectivity index (χ2n) is 5.66. The topological polar surface area (TPSA) is 78.6 Å². The summed E-state index contributed by atoms with van der Waals surface area (Å²) in [6, 6.07) is 9.56. The quantitative estimate of drug-likeness (QED) is 0.563. The van der Waals surface area contributed by atoms with E-state index < -0.39 is 29.3 Å². The number of aliphatic hydroxyl groups is 1. The molecule has 1 heterocycles. The lowest BCUT2D eigenvalue weighted by molar-refractivity contribution is -0.104. The summed E-state index contributed by atoms with van der Waals surface area (Å²) < 4.78 is 52.5. The molecule has 1 atom stereocenters. The van der Waals surface area contributed by atoms with Crippen molar-refractivity contribution in [2.45, 2.75) is 11.9 Å². The maximum Gasteiger partial charge on any atom is 0.432 e. The number of halogens is 4. The van der Waals surface area contributed by atoms with Crippen LogP contribution in [0.25, 0.3) is 0 Å². The third-order valence-corrected chi connectivity index (χ3v) is 3.85. The second kappa shape index (κ2) is 6.03. The number of rotatable bonds is 2. The summed E-state index contributed by atoms with van der Waals surface area (Å²) in [5, 5.41) is 11.3. The van der Waals surface area contributed by atoms with Crippen LogP contribution in [0.1, 0.15) is 15.9 Å². The molecule has 1 amide bonds. The highest BCUT2D eigenvalue weighted by molar-refractivity contribution is 5.95. The van der Waals surface area contributed by atoms with Gasteiger partial charge in [-0.3, -0.25) is 10.2 Å². The first-order chi connectivity index (χ1) is 12.1. The molecule has 2 aromatic rings. The lowest BCUT2D eigenvalue weighted by Crippen LogP contribution is -2.51. The number of benzene rings is 2. The fourth-order valence-corrected chi connectivity index (χ4v) is 2.52. The van der Waals surface area contributed by atoms with Crippen LogP contribution in [-0.4, -0.2) is 22.2 Å². The largest absolute Gasteiger partial charge is 0.432 e. The molecule has 0 aromatic heterocycles. The van der Waals surface area contributed by atoms with E-state index in [0.717, 1.165) is 24.3 Å². The van der Waals surface area contributed by atoms with Gasteiger partial charge in [-0.05, 0) is 36.4 Å². The third kappa shape index (κ3) is 3.08. The van der Waals surface area contributed by atoms with Gasteiger partial charge >= 0.3 is 6.18 Å². The monoisotopic (exact) mass is 367 g/mol. The van der Waals surface area contributed by atoms with Crippen molar-refractivity contribution in [3.8, 4) is 0 Å². The van der Waals surface area contributed by atoms with Gasteiger partial charge in [-0.15, -0.1) is 0 Å². The van der Waals surface area contributed by atoms with Crippen molar-refractivity contribution in [3.05, 3.63) is 77.2 Å². The first kappa shape index (κ1) is 17.7. The van der Waals surface area contributed by atoms with Crippen molar-refractivity contribution in [1.82, 2.24) is 10.4 Å². The Bertz CT molecular complexity index is 863. The lowest BCUT2D eigenvalue weighted by Gasteiger charge is -2.33. The Morgan fingerprint density at radius 2 is 1.65 bits per heavy atom. The summed E-state index contributed by atoms with van der Waals surface area (Å²) in [6.07, 6.45) is -4.36. The molecule has 0 saturated carbocycles. The van der Waals surface area contributed by atoms with Gasteiger partial charge in [-0.25, -0.2) is 9.40 Å². The van der Waals surface area contributed by atoms with Crippen molar-refractivity contribution in [3.63, 3.8) is 0 Å². The number of allylic oxidation sites excluding steroid dienone is 1. The zero-order chi connectivity index (χ0) is 19.1. The fraction of sp³-hybridized carbons (Fsp3) is 0.118. The molecular weight excluding hydrogens is 354 g/mol. The number of hydrogen-bond acceptors (Lipinski definition) is 4. The molecule has 1 unspecified atom stereocenters. The van der Waals surface area contributed by atoms with E-state index in [1.165, 1.54) is 24.3 Å². The van der Waals surface area contributed by atoms with E-state index in [2.05, 4.69) is 0 Å². The Kier molecular flexibility index (Phi) is 4.11. The highest BCUT2D eigenvalue weighted by atomic mass is 19.4. The molecule has 0 fully saturated rings. The average Bonchev–Trinajstić information content (AvgIpc) is 2.94. The van der Waals surface area contributed by atoms with Gasteiger partial charge in [0.25, 0.3) is 5.91 Å². The molecule has 26 heavy (non-hydrogen) atoms. The van der Waals surface area contributed by atoms with Crippen LogP contribution in [0.5, 0.6) is 0 Å². The standard InChI is InChI=1S/C17H13F4N3O2/c18-12-5-3-11(4-6-12)16(26)9-14(17(19,20)21)23-24(16)15(25)10-1-7-13(22)8-2-10/h1-9,23,26H,22H2. The zero-order valence-corrected chi connectivity index (χ0v) is 13.1. The number of alkyl halides is 3. The zero-order valence-electron chi connectivity index (χ0n) is 13.1. The van der Waals surface area contributed by atoms with Gasteiger partial charge in [0.15, 0.2) is 0 Å². The highest BCUT2D eigenvalue weighted by Crippen LogP contribution is 2.38. The predicted molar refractivity (Wildman–Crippen MR) is 84.6 cm³/mol. The number of carbonyl (C=O) groups excluding carboxylic acids is 1. The maximum atomic E-state index is 13.1. The summed E-state index contributed by atoms with van der Waals surface area (Å²) in [5.74, 6) is -1.56. The lowest BCUT2D eigenvalue weighted by atomic mass is 10.0. The molecule has 5 nitrogen and oxygen atoms in total. The molecule has 0 aliphatic carbocycles. The van der Waals surface area contributed by atoms with Crippen LogP contribution in [0.15, 0.2) is 60.3 Å². The third-order valence-electron chi connectivity index (χ3n) is 3.85. The van der Waals surface area contributed by atoms with Crippen LogP contribution in [0.2, 0.25) is 0 Å². The number of nitrogens with two attached hydrogens (primary N) is 1. The van der Waals surface area contributed by atoms with E-state index in [-0.39, 0.29) is 11.1 Å². The predicted octanol–water partition coefficient (Wildman–Crippen LogP) is 2.66. The smallest absolute Gasteiger partial charge is 0.399 e. The Morgan fingerprint density at radius 3 is 2.19 bits per heavy atom. The van der Waals surface area contributed by atoms with Crippen LogP contribution in [0.3, 0.4) is 0 Å². The highest BCUT2D eigenvalue weighted by Gasteiger charge is 2.50. The molecule has 0 radical (unpaired) electrons. The van der Waals surface area contributed by atoms with Crippen molar-refractivity contribution in [1.29, 1.82) is 0 Å². The molecule has 0 saturated heterocycles. The minimum absolute atomic E-state index is 0.00376. The molecule has 0 spiro atoms. The Morgan fingerprint density at radius 1 is 1.08 bits per heavy atom. The van der Waals surface area contributed by atoms with Crippen LogP contribution in [0.4, 0.5) is 23.2 Å². The summed E-state index contributed by atoms with van der Waals surface area (Å²) in [6.45, 7) is 0.